The molecule has 39 heavy (non-hydrogen) atoms. The van der Waals surface area contributed by atoms with Crippen LogP contribution in [0.4, 0.5) is 32.3 Å². The molecular weight excluding hydrogens is 542 g/mol. The number of hydrogen-bond acceptors (Lipinski definition) is 9. The molecule has 216 valence electrons. The first-order valence-corrected chi connectivity index (χ1v) is 11.4. The van der Waals surface area contributed by atoms with Crippen LogP contribution in [0.15, 0.2) is 37.2 Å². The van der Waals surface area contributed by atoms with Crippen molar-refractivity contribution in [1.29, 1.82) is 0 Å². The van der Waals surface area contributed by atoms with E-state index in [0.717, 1.165) is 44.2 Å². The molecule has 0 aliphatic carbocycles. The van der Waals surface area contributed by atoms with Crippen LogP contribution < -0.4 is 4.90 Å². The maximum absolute atomic E-state index is 10.6. The lowest BCUT2D eigenvalue weighted by Gasteiger charge is -2.48. The predicted molar refractivity (Wildman–Crippen MR) is 121 cm³/mol. The van der Waals surface area contributed by atoms with Gasteiger partial charge in [-0.3, -0.25) is 4.90 Å². The number of carbonyl (C=O) groups is 2. The summed E-state index contributed by atoms with van der Waals surface area (Å²) in [6.07, 6.45) is 1.38. The molecule has 0 spiro atoms. The standard InChI is InChI=1S/C18H24N6O.2C2HF3O2/c1-23(10-14-8-19-13-20-9-14)16-12-24(18-21-5-3-6-22-18)11-15-4-2-7-25-17(15)16;2*3-2(4,5)1(6)7/h3,5-6,8-9,13,15-17H,2,4,7,10-12H2,1H3;2*(H,6,7)/t15-,16+,17-;;/m0../s1. The van der Waals surface area contributed by atoms with Gasteiger partial charge in [0.1, 0.15) is 6.33 Å². The van der Waals surface area contributed by atoms with Crippen LogP contribution in [0.1, 0.15) is 18.4 Å². The van der Waals surface area contributed by atoms with E-state index in [1.165, 1.54) is 6.42 Å². The van der Waals surface area contributed by atoms with Gasteiger partial charge in [0.15, 0.2) is 0 Å². The van der Waals surface area contributed by atoms with Gasteiger partial charge < -0.3 is 19.8 Å². The number of rotatable bonds is 4. The third kappa shape index (κ3) is 10.2. The monoisotopic (exact) mass is 568 g/mol. The molecule has 3 atom stereocenters. The zero-order chi connectivity index (χ0) is 29.2. The molecule has 2 N–H and O–H groups in total. The van der Waals surface area contributed by atoms with Gasteiger partial charge >= 0.3 is 24.3 Å². The van der Waals surface area contributed by atoms with Crippen LogP contribution in [0, 0.1) is 5.92 Å². The number of ether oxygens (including phenoxy) is 1. The van der Waals surface area contributed by atoms with E-state index in [0.29, 0.717) is 12.0 Å². The van der Waals surface area contributed by atoms with Gasteiger partial charge in [-0.2, -0.15) is 26.3 Å². The summed E-state index contributed by atoms with van der Waals surface area (Å²) in [4.78, 5) is 39.6. The van der Waals surface area contributed by atoms with E-state index >= 15 is 0 Å². The van der Waals surface area contributed by atoms with Crippen molar-refractivity contribution in [2.75, 3.05) is 31.6 Å². The molecule has 0 aromatic carbocycles. The van der Waals surface area contributed by atoms with Crippen LogP contribution in [0.2, 0.25) is 0 Å². The second-order valence-corrected chi connectivity index (χ2v) is 8.53. The van der Waals surface area contributed by atoms with E-state index in [1.807, 2.05) is 30.9 Å². The van der Waals surface area contributed by atoms with E-state index in [4.69, 9.17) is 24.5 Å². The minimum Gasteiger partial charge on any atom is -0.475 e. The fourth-order valence-corrected chi connectivity index (χ4v) is 4.00. The van der Waals surface area contributed by atoms with Gasteiger partial charge in [0.2, 0.25) is 5.95 Å². The van der Waals surface area contributed by atoms with E-state index < -0.39 is 24.3 Å². The first-order valence-electron chi connectivity index (χ1n) is 11.4. The third-order valence-electron chi connectivity index (χ3n) is 5.67. The van der Waals surface area contributed by atoms with Crippen LogP contribution in [-0.2, 0) is 20.9 Å². The van der Waals surface area contributed by atoms with Gasteiger partial charge in [0.25, 0.3) is 0 Å². The normalized spacial score (nSPS) is 21.0. The third-order valence-corrected chi connectivity index (χ3v) is 5.67. The van der Waals surface area contributed by atoms with Crippen LogP contribution in [0.3, 0.4) is 0 Å². The highest BCUT2D eigenvalue weighted by molar-refractivity contribution is 5.73. The van der Waals surface area contributed by atoms with Crippen LogP contribution in [0.5, 0.6) is 0 Å². The second kappa shape index (κ2) is 14.0. The molecule has 2 aliphatic heterocycles. The number of alkyl halides is 6. The highest BCUT2D eigenvalue weighted by atomic mass is 19.4. The summed E-state index contributed by atoms with van der Waals surface area (Å²) in [5.41, 5.74) is 1.12. The number of anilines is 1. The zero-order valence-corrected chi connectivity index (χ0v) is 20.5. The summed E-state index contributed by atoms with van der Waals surface area (Å²) in [6.45, 7) is 3.51. The average Bonchev–Trinajstić information content (AvgIpc) is 2.88. The molecule has 2 saturated heterocycles. The molecule has 2 fully saturated rings. The Morgan fingerprint density at radius 2 is 1.56 bits per heavy atom. The molecule has 4 heterocycles. The van der Waals surface area contributed by atoms with Crippen molar-refractivity contribution in [3.05, 3.63) is 42.7 Å². The lowest BCUT2D eigenvalue weighted by molar-refractivity contribution is -0.193. The lowest BCUT2D eigenvalue weighted by Crippen LogP contribution is -2.60. The number of fused-ring (bicyclic) bond motifs is 1. The number of nitrogens with zero attached hydrogens (tertiary/aromatic N) is 6. The predicted octanol–water partition coefficient (Wildman–Crippen LogP) is 2.65. The Morgan fingerprint density at radius 1 is 1.03 bits per heavy atom. The molecule has 2 aromatic rings. The maximum atomic E-state index is 10.6. The second-order valence-electron chi connectivity index (χ2n) is 8.53. The fourth-order valence-electron chi connectivity index (χ4n) is 4.00. The molecule has 0 saturated carbocycles. The summed E-state index contributed by atoms with van der Waals surface area (Å²) >= 11 is 0. The largest absolute Gasteiger partial charge is 0.490 e. The van der Waals surface area contributed by atoms with E-state index in [-0.39, 0.29) is 6.10 Å². The Bertz CT molecular complexity index is 1020. The first-order chi connectivity index (χ1) is 18.2. The molecule has 0 bridgehead atoms. The number of piperidine rings is 1. The number of carboxylic acid groups (broad SMARTS) is 2. The quantitative estimate of drug-likeness (QED) is 0.526. The highest BCUT2D eigenvalue weighted by Crippen LogP contribution is 2.32. The molecule has 0 amide bonds. The number of halogens is 6. The molecule has 2 aromatic heterocycles. The average molecular weight is 568 g/mol. The Kier molecular flexibility index (Phi) is 11.3. The minimum atomic E-state index is -5.08. The summed E-state index contributed by atoms with van der Waals surface area (Å²) in [6, 6.07) is 2.15. The summed E-state index contributed by atoms with van der Waals surface area (Å²) in [5.74, 6) is -4.18. The van der Waals surface area contributed by atoms with Crippen molar-refractivity contribution in [2.24, 2.45) is 5.92 Å². The number of aliphatic carboxylic acids is 2. The van der Waals surface area contributed by atoms with Crippen molar-refractivity contribution >= 4 is 17.9 Å². The topological polar surface area (TPSA) is 142 Å². The molecule has 4 rings (SSSR count). The van der Waals surface area contributed by atoms with Crippen LogP contribution in [-0.4, -0.2) is 98.2 Å². The fraction of sp³-hybridized carbons (Fsp3) is 0.545. The van der Waals surface area contributed by atoms with Gasteiger partial charge in [0, 0.05) is 62.5 Å². The van der Waals surface area contributed by atoms with E-state index in [2.05, 4.69) is 36.8 Å². The summed E-state index contributed by atoms with van der Waals surface area (Å²) in [7, 11) is 2.15. The number of aromatic nitrogens is 4. The first kappa shape index (κ1) is 31.6. The van der Waals surface area contributed by atoms with Gasteiger partial charge in [-0.15, -0.1) is 0 Å². The van der Waals surface area contributed by atoms with E-state index in [9.17, 15) is 26.3 Å². The zero-order valence-electron chi connectivity index (χ0n) is 20.5. The van der Waals surface area contributed by atoms with Crippen molar-refractivity contribution in [1.82, 2.24) is 24.8 Å². The molecular formula is C22H26F6N6O5. The summed E-state index contributed by atoms with van der Waals surface area (Å²) in [5, 5.41) is 14.2. The van der Waals surface area contributed by atoms with Gasteiger partial charge in [-0.25, -0.2) is 29.5 Å². The van der Waals surface area contributed by atoms with E-state index in [1.54, 1.807) is 6.33 Å². The smallest absolute Gasteiger partial charge is 0.475 e. The molecule has 0 unspecified atom stereocenters. The molecule has 17 heteroatoms. The maximum Gasteiger partial charge on any atom is 0.490 e. The van der Waals surface area contributed by atoms with Crippen molar-refractivity contribution < 1.29 is 50.9 Å². The SMILES string of the molecule is CN(Cc1cncnc1)[C@@H]1CN(c2ncccn2)C[C@@H]2CCCO[C@@H]21.O=C(O)C(F)(F)F.O=C(O)C(F)(F)F. The highest BCUT2D eigenvalue weighted by Gasteiger charge is 2.42. The van der Waals surface area contributed by atoms with Crippen LogP contribution >= 0.6 is 0 Å². The van der Waals surface area contributed by atoms with Gasteiger partial charge in [-0.1, -0.05) is 0 Å². The Hall–Kier alpha value is -3.60. The number of hydrogen-bond donors (Lipinski definition) is 2. The van der Waals surface area contributed by atoms with Crippen molar-refractivity contribution in [3.8, 4) is 0 Å². The summed E-state index contributed by atoms with van der Waals surface area (Å²) < 4.78 is 69.7. The van der Waals surface area contributed by atoms with Crippen molar-refractivity contribution in [3.63, 3.8) is 0 Å². The molecule has 0 radical (unpaired) electrons. The van der Waals surface area contributed by atoms with Gasteiger partial charge in [-0.05, 0) is 26.0 Å². The van der Waals surface area contributed by atoms with Crippen LogP contribution in [0.25, 0.3) is 0 Å². The minimum absolute atomic E-state index is 0.267. The Labute approximate surface area is 218 Å². The lowest BCUT2D eigenvalue weighted by atomic mass is 9.85. The van der Waals surface area contributed by atoms with Gasteiger partial charge in [0.05, 0.1) is 12.1 Å². The number of carboxylic acids is 2. The Balaban J connectivity index is 0.000000317. The molecule has 11 nitrogen and oxygen atoms in total. The Morgan fingerprint density at radius 3 is 2.08 bits per heavy atom. The molecule has 2 aliphatic rings. The van der Waals surface area contributed by atoms with Crippen molar-refractivity contribution in [2.45, 2.75) is 43.9 Å². The number of likely N-dealkylation sites (N-methyl/N-ethyl adjacent to an activating group) is 1.